The minimum absolute atomic E-state index is 0.0408. The minimum Gasteiger partial charge on any atom is -0.373 e. The fourth-order valence-electron chi connectivity index (χ4n) is 2.86. The summed E-state index contributed by atoms with van der Waals surface area (Å²) in [6.07, 6.45) is 7.18. The van der Waals surface area contributed by atoms with Crippen molar-refractivity contribution in [1.29, 1.82) is 0 Å². The number of hydrogen-bond acceptors (Lipinski definition) is 3. The Kier molecular flexibility index (Phi) is 4.80. The number of rotatable bonds is 3. The smallest absolute Gasteiger partial charge is 0.223 e. The van der Waals surface area contributed by atoms with Crippen molar-refractivity contribution in [3.05, 3.63) is 0 Å². The van der Waals surface area contributed by atoms with E-state index in [1.54, 1.807) is 0 Å². The van der Waals surface area contributed by atoms with Crippen LogP contribution < -0.4 is 5.73 Å². The lowest BCUT2D eigenvalue weighted by molar-refractivity contribution is -0.139. The second kappa shape index (κ2) is 6.36. The van der Waals surface area contributed by atoms with E-state index in [9.17, 15) is 4.79 Å². The molecule has 1 unspecified atom stereocenters. The first-order valence-electron chi connectivity index (χ1n) is 6.89. The van der Waals surface area contributed by atoms with Crippen molar-refractivity contribution in [1.82, 2.24) is 4.90 Å². The number of hydrogen-bond donors (Lipinski definition) is 1. The maximum atomic E-state index is 12.2. The summed E-state index contributed by atoms with van der Waals surface area (Å²) < 4.78 is 5.48. The zero-order valence-electron chi connectivity index (χ0n) is 10.6. The van der Waals surface area contributed by atoms with Crippen LogP contribution in [0.1, 0.15) is 38.5 Å². The molecule has 4 heteroatoms. The Morgan fingerprint density at radius 3 is 2.76 bits per heavy atom. The molecular weight excluding hydrogens is 216 g/mol. The molecule has 2 N–H and O–H groups in total. The van der Waals surface area contributed by atoms with Crippen molar-refractivity contribution >= 4 is 5.91 Å². The molecule has 0 aromatic heterocycles. The van der Waals surface area contributed by atoms with Gasteiger partial charge in [0.25, 0.3) is 0 Å². The lowest BCUT2D eigenvalue weighted by Gasteiger charge is -2.33. The highest BCUT2D eigenvalue weighted by Gasteiger charge is 2.25. The number of nitrogens with zero attached hydrogens (tertiary/aromatic N) is 1. The van der Waals surface area contributed by atoms with E-state index in [0.29, 0.717) is 31.5 Å². The number of amides is 1. The first-order valence-corrected chi connectivity index (χ1v) is 6.89. The number of nitrogens with two attached hydrogens (primary N) is 1. The summed E-state index contributed by atoms with van der Waals surface area (Å²) in [4.78, 5) is 14.1. The van der Waals surface area contributed by atoms with Gasteiger partial charge in [0.15, 0.2) is 0 Å². The van der Waals surface area contributed by atoms with E-state index in [-0.39, 0.29) is 6.10 Å². The van der Waals surface area contributed by atoms with Gasteiger partial charge >= 0.3 is 0 Å². The van der Waals surface area contributed by atoms with Crippen LogP contribution in [-0.4, -0.2) is 43.2 Å². The first kappa shape index (κ1) is 12.8. The van der Waals surface area contributed by atoms with E-state index >= 15 is 0 Å². The highest BCUT2D eigenvalue weighted by molar-refractivity contribution is 5.76. The van der Waals surface area contributed by atoms with Gasteiger partial charge in [-0.25, -0.2) is 0 Å². The van der Waals surface area contributed by atoms with Gasteiger partial charge < -0.3 is 15.4 Å². The van der Waals surface area contributed by atoms with E-state index in [1.165, 1.54) is 32.1 Å². The molecule has 1 amide bonds. The lowest BCUT2D eigenvalue weighted by atomic mass is 9.86. The van der Waals surface area contributed by atoms with Crippen molar-refractivity contribution in [2.45, 2.75) is 44.6 Å². The van der Waals surface area contributed by atoms with Gasteiger partial charge in [-0.1, -0.05) is 19.3 Å². The molecule has 1 aliphatic carbocycles. The van der Waals surface area contributed by atoms with Crippen LogP contribution in [0.3, 0.4) is 0 Å². The SMILES string of the molecule is NCC1CN(C(=O)CC2CCCCC2)CCO1. The zero-order chi connectivity index (χ0) is 12.1. The number of ether oxygens (including phenoxy) is 1. The molecule has 1 saturated carbocycles. The largest absolute Gasteiger partial charge is 0.373 e. The molecule has 1 heterocycles. The molecule has 0 radical (unpaired) electrons. The van der Waals surface area contributed by atoms with Gasteiger partial charge in [-0.2, -0.15) is 0 Å². The summed E-state index contributed by atoms with van der Waals surface area (Å²) in [5.41, 5.74) is 5.59. The Bertz CT molecular complexity index is 252. The van der Waals surface area contributed by atoms with Gasteiger partial charge in [0.05, 0.1) is 12.7 Å². The summed E-state index contributed by atoms with van der Waals surface area (Å²) in [5, 5.41) is 0. The summed E-state index contributed by atoms with van der Waals surface area (Å²) in [6.45, 7) is 2.57. The van der Waals surface area contributed by atoms with E-state index in [1.807, 2.05) is 4.90 Å². The van der Waals surface area contributed by atoms with Crippen LogP contribution in [0.4, 0.5) is 0 Å². The second-order valence-electron chi connectivity index (χ2n) is 5.28. The Morgan fingerprint density at radius 1 is 1.29 bits per heavy atom. The fourth-order valence-corrected chi connectivity index (χ4v) is 2.86. The van der Waals surface area contributed by atoms with Crippen LogP contribution in [0.2, 0.25) is 0 Å². The average Bonchev–Trinajstić information content (AvgIpc) is 2.40. The molecule has 2 fully saturated rings. The zero-order valence-corrected chi connectivity index (χ0v) is 10.6. The van der Waals surface area contributed by atoms with Gasteiger partial charge in [-0.15, -0.1) is 0 Å². The van der Waals surface area contributed by atoms with E-state index in [4.69, 9.17) is 10.5 Å². The summed E-state index contributed by atoms with van der Waals surface area (Å²) in [5.74, 6) is 0.925. The molecule has 1 aliphatic heterocycles. The Labute approximate surface area is 103 Å². The number of carbonyl (C=O) groups excluding carboxylic acids is 1. The van der Waals surface area contributed by atoms with Gasteiger partial charge in [0.2, 0.25) is 5.91 Å². The third-order valence-electron chi connectivity index (χ3n) is 3.94. The maximum absolute atomic E-state index is 12.2. The van der Waals surface area contributed by atoms with Gasteiger partial charge in [0, 0.05) is 26.1 Å². The number of carbonyl (C=O) groups is 1. The Morgan fingerprint density at radius 2 is 2.06 bits per heavy atom. The Hall–Kier alpha value is -0.610. The van der Waals surface area contributed by atoms with E-state index < -0.39 is 0 Å². The molecule has 2 aliphatic rings. The van der Waals surface area contributed by atoms with Gasteiger partial charge in [0.1, 0.15) is 0 Å². The summed E-state index contributed by atoms with van der Waals surface area (Å²) >= 11 is 0. The molecule has 1 atom stereocenters. The fraction of sp³-hybridized carbons (Fsp3) is 0.923. The molecule has 0 aromatic rings. The van der Waals surface area contributed by atoms with Crippen LogP contribution >= 0.6 is 0 Å². The van der Waals surface area contributed by atoms with Crippen LogP contribution in [-0.2, 0) is 9.53 Å². The average molecular weight is 240 g/mol. The van der Waals surface area contributed by atoms with Crippen molar-refractivity contribution in [2.24, 2.45) is 11.7 Å². The van der Waals surface area contributed by atoms with Crippen LogP contribution in [0.25, 0.3) is 0 Å². The molecule has 17 heavy (non-hydrogen) atoms. The molecule has 4 nitrogen and oxygen atoms in total. The molecular formula is C13H24N2O2. The molecule has 0 bridgehead atoms. The Balaban J connectivity index is 1.78. The molecule has 2 rings (SSSR count). The van der Waals surface area contributed by atoms with Gasteiger partial charge in [-0.05, 0) is 18.8 Å². The molecule has 0 spiro atoms. The highest BCUT2D eigenvalue weighted by Crippen LogP contribution is 2.27. The van der Waals surface area contributed by atoms with Crippen molar-refractivity contribution in [2.75, 3.05) is 26.2 Å². The summed E-state index contributed by atoms with van der Waals surface area (Å²) in [7, 11) is 0. The predicted molar refractivity (Wildman–Crippen MR) is 66.6 cm³/mol. The third-order valence-corrected chi connectivity index (χ3v) is 3.94. The second-order valence-corrected chi connectivity index (χ2v) is 5.28. The normalized spacial score (nSPS) is 27.1. The molecule has 98 valence electrons. The van der Waals surface area contributed by atoms with Crippen LogP contribution in [0.5, 0.6) is 0 Å². The molecule has 1 saturated heterocycles. The highest BCUT2D eigenvalue weighted by atomic mass is 16.5. The molecule has 0 aromatic carbocycles. The van der Waals surface area contributed by atoms with Gasteiger partial charge in [-0.3, -0.25) is 4.79 Å². The predicted octanol–water partition coefficient (Wildman–Crippen LogP) is 1.14. The van der Waals surface area contributed by atoms with Crippen LogP contribution in [0.15, 0.2) is 0 Å². The van der Waals surface area contributed by atoms with E-state index in [2.05, 4.69) is 0 Å². The van der Waals surface area contributed by atoms with E-state index in [0.717, 1.165) is 13.0 Å². The topological polar surface area (TPSA) is 55.6 Å². The van der Waals surface area contributed by atoms with Crippen molar-refractivity contribution in [3.63, 3.8) is 0 Å². The quantitative estimate of drug-likeness (QED) is 0.805. The summed E-state index contributed by atoms with van der Waals surface area (Å²) in [6, 6.07) is 0. The van der Waals surface area contributed by atoms with Crippen molar-refractivity contribution < 1.29 is 9.53 Å². The minimum atomic E-state index is 0.0408. The van der Waals surface area contributed by atoms with Crippen LogP contribution in [0, 0.1) is 5.92 Å². The number of morpholine rings is 1. The lowest BCUT2D eigenvalue weighted by Crippen LogP contribution is -2.48. The van der Waals surface area contributed by atoms with Crippen molar-refractivity contribution in [3.8, 4) is 0 Å². The third kappa shape index (κ3) is 3.68. The first-order chi connectivity index (χ1) is 8.29. The maximum Gasteiger partial charge on any atom is 0.223 e. The standard InChI is InChI=1S/C13H24N2O2/c14-9-12-10-15(6-7-17-12)13(16)8-11-4-2-1-3-5-11/h11-12H,1-10,14H2. The monoisotopic (exact) mass is 240 g/mol.